The molecular weight excluding hydrogens is 525 g/mol. The second-order valence-corrected chi connectivity index (χ2v) is 9.13. The molecule has 9 nitrogen and oxygen atoms in total. The van der Waals surface area contributed by atoms with Crippen molar-refractivity contribution in [2.24, 2.45) is 11.0 Å². The molecule has 0 aromatic heterocycles. The van der Waals surface area contributed by atoms with Crippen molar-refractivity contribution < 1.29 is 37.0 Å². The van der Waals surface area contributed by atoms with Crippen LogP contribution in [-0.2, 0) is 14.3 Å². The van der Waals surface area contributed by atoms with E-state index in [2.05, 4.69) is 41.8 Å². The molecule has 186 valence electrons. The van der Waals surface area contributed by atoms with Gasteiger partial charge >= 0.3 is 24.3 Å². The molecule has 3 amide bonds. The van der Waals surface area contributed by atoms with Crippen LogP contribution in [0.15, 0.2) is 27.8 Å². The number of ether oxygens (including phenoxy) is 2. The van der Waals surface area contributed by atoms with Crippen molar-refractivity contribution in [3.05, 3.63) is 28.2 Å². The minimum absolute atomic E-state index is 0.170. The summed E-state index contributed by atoms with van der Waals surface area (Å²) in [6.07, 6.45) is -2.99. The molecular formula is C21H24BrF3N4O5. The molecule has 0 saturated heterocycles. The standard InChI is InChI=1S/C21H24BrF3N4O5/c1-11(27-18(31)17(30)26-2)9-12-5-7-20(8-6-12)16(28-29-19(32)34-20)14-10-13(3-4-15(14)22)33-21(23,24)25/h3-4,10-12H,5-9H2,1-2H3,(H,26,30)(H,27,31)(H,29,32)/t11-,12?,20?/m0/s1. The van der Waals surface area contributed by atoms with Crippen LogP contribution in [0.5, 0.6) is 5.75 Å². The summed E-state index contributed by atoms with van der Waals surface area (Å²) in [7, 11) is 1.37. The zero-order valence-corrected chi connectivity index (χ0v) is 20.0. The van der Waals surface area contributed by atoms with Gasteiger partial charge in [0.1, 0.15) is 11.5 Å². The predicted molar refractivity (Wildman–Crippen MR) is 118 cm³/mol. The fourth-order valence-electron chi connectivity index (χ4n) is 4.32. The molecule has 0 radical (unpaired) electrons. The van der Waals surface area contributed by atoms with Crippen molar-refractivity contribution in [2.45, 2.75) is 57.0 Å². The number of rotatable bonds is 5. The van der Waals surface area contributed by atoms with E-state index in [1.165, 1.54) is 25.2 Å². The van der Waals surface area contributed by atoms with Crippen LogP contribution in [0.1, 0.15) is 44.6 Å². The van der Waals surface area contributed by atoms with E-state index in [0.717, 1.165) is 0 Å². The van der Waals surface area contributed by atoms with Gasteiger partial charge in [-0.25, -0.2) is 10.2 Å². The highest BCUT2D eigenvalue weighted by Gasteiger charge is 2.47. The van der Waals surface area contributed by atoms with Crippen molar-refractivity contribution in [2.75, 3.05) is 7.05 Å². The third kappa shape index (κ3) is 6.19. The summed E-state index contributed by atoms with van der Waals surface area (Å²) in [5.41, 5.74) is 1.73. The number of carbonyl (C=O) groups is 3. The molecule has 1 spiro atoms. The number of hydrazone groups is 1. The summed E-state index contributed by atoms with van der Waals surface area (Å²) in [5, 5.41) is 9.04. The van der Waals surface area contributed by atoms with Crippen LogP contribution in [0.2, 0.25) is 0 Å². The molecule has 3 rings (SSSR count). The van der Waals surface area contributed by atoms with Crippen LogP contribution in [0.3, 0.4) is 0 Å². The molecule has 34 heavy (non-hydrogen) atoms. The number of hydrogen-bond donors (Lipinski definition) is 3. The van der Waals surface area contributed by atoms with Gasteiger partial charge in [0.05, 0.1) is 0 Å². The van der Waals surface area contributed by atoms with Gasteiger partial charge in [-0.15, -0.1) is 13.2 Å². The molecule has 1 aliphatic carbocycles. The molecule has 1 heterocycles. The maximum atomic E-state index is 12.7. The zero-order valence-electron chi connectivity index (χ0n) is 18.4. The lowest BCUT2D eigenvalue weighted by atomic mass is 9.73. The van der Waals surface area contributed by atoms with Gasteiger partial charge in [0, 0.05) is 23.1 Å². The lowest BCUT2D eigenvalue weighted by molar-refractivity contribution is -0.274. The lowest BCUT2D eigenvalue weighted by Gasteiger charge is -2.42. The molecule has 1 atom stereocenters. The topological polar surface area (TPSA) is 118 Å². The third-order valence-electron chi connectivity index (χ3n) is 5.82. The Hall–Kier alpha value is -2.83. The first-order valence-electron chi connectivity index (χ1n) is 10.6. The molecule has 0 bridgehead atoms. The van der Waals surface area contributed by atoms with Crippen molar-refractivity contribution in [1.82, 2.24) is 16.1 Å². The van der Waals surface area contributed by atoms with E-state index in [1.807, 2.05) is 0 Å². The number of amides is 3. The monoisotopic (exact) mass is 548 g/mol. The maximum absolute atomic E-state index is 12.7. The largest absolute Gasteiger partial charge is 0.573 e. The SMILES string of the molecule is CNC(=O)C(=O)N[C@@H](C)CC1CCC2(CC1)OC(=O)NN=C2c1cc(OC(F)(F)F)ccc1Br. The van der Waals surface area contributed by atoms with E-state index < -0.39 is 35.6 Å². The molecule has 3 N–H and O–H groups in total. The smallest absolute Gasteiger partial charge is 0.435 e. The van der Waals surface area contributed by atoms with Gasteiger partial charge < -0.3 is 20.1 Å². The third-order valence-corrected chi connectivity index (χ3v) is 6.51. The number of nitrogens with one attached hydrogen (secondary N) is 3. The number of carbonyl (C=O) groups excluding carboxylic acids is 3. The Kier molecular flexibility index (Phi) is 7.74. The number of hydrogen-bond acceptors (Lipinski definition) is 6. The molecule has 13 heteroatoms. The number of likely N-dealkylation sites (N-methyl/N-ethyl adjacent to an activating group) is 1. The van der Waals surface area contributed by atoms with E-state index in [9.17, 15) is 27.6 Å². The minimum atomic E-state index is -4.86. The predicted octanol–water partition coefficient (Wildman–Crippen LogP) is 3.36. The molecule has 0 unspecified atom stereocenters. The average Bonchev–Trinajstić information content (AvgIpc) is 2.75. The lowest BCUT2D eigenvalue weighted by Crippen LogP contribution is -2.52. The summed E-state index contributed by atoms with van der Waals surface area (Å²) in [5.74, 6) is -1.69. The average molecular weight is 549 g/mol. The summed E-state index contributed by atoms with van der Waals surface area (Å²) in [6, 6.07) is 3.52. The second-order valence-electron chi connectivity index (χ2n) is 8.28. The van der Waals surface area contributed by atoms with Gasteiger partial charge in [0.25, 0.3) is 0 Å². The van der Waals surface area contributed by atoms with Crippen LogP contribution in [0.25, 0.3) is 0 Å². The first-order chi connectivity index (χ1) is 15.9. The van der Waals surface area contributed by atoms with Gasteiger partial charge in [-0.3, -0.25) is 9.59 Å². The van der Waals surface area contributed by atoms with E-state index in [1.54, 1.807) is 6.92 Å². The van der Waals surface area contributed by atoms with Crippen LogP contribution in [-0.4, -0.2) is 48.7 Å². The summed E-state index contributed by atoms with van der Waals surface area (Å²) in [4.78, 5) is 35.2. The Morgan fingerprint density at radius 1 is 1.32 bits per heavy atom. The van der Waals surface area contributed by atoms with Gasteiger partial charge in [0.2, 0.25) is 0 Å². The number of nitrogens with zero attached hydrogens (tertiary/aromatic N) is 1. The van der Waals surface area contributed by atoms with E-state index in [0.29, 0.717) is 47.9 Å². The highest BCUT2D eigenvalue weighted by atomic mass is 79.9. The van der Waals surface area contributed by atoms with Gasteiger partial charge in [-0.1, -0.05) is 15.9 Å². The normalized spacial score (nSPS) is 23.3. The second kappa shape index (κ2) is 10.2. The molecule has 1 saturated carbocycles. The highest BCUT2D eigenvalue weighted by Crippen LogP contribution is 2.42. The van der Waals surface area contributed by atoms with Crippen LogP contribution in [0, 0.1) is 5.92 Å². The minimum Gasteiger partial charge on any atom is -0.435 e. The Morgan fingerprint density at radius 3 is 2.62 bits per heavy atom. The first-order valence-corrected chi connectivity index (χ1v) is 11.4. The number of benzene rings is 1. The fourth-order valence-corrected chi connectivity index (χ4v) is 4.76. The van der Waals surface area contributed by atoms with Crippen molar-refractivity contribution in [3.63, 3.8) is 0 Å². The fraction of sp³-hybridized carbons (Fsp3) is 0.524. The van der Waals surface area contributed by atoms with Crippen LogP contribution < -0.4 is 20.8 Å². The molecule has 1 aromatic carbocycles. The number of halogens is 4. The van der Waals surface area contributed by atoms with E-state index >= 15 is 0 Å². The summed E-state index contributed by atoms with van der Waals surface area (Å²) < 4.78 is 48.3. The first kappa shape index (κ1) is 25.8. The quantitative estimate of drug-likeness (QED) is 0.487. The molecule has 2 aliphatic rings. The van der Waals surface area contributed by atoms with Gasteiger partial charge in [0.15, 0.2) is 5.60 Å². The van der Waals surface area contributed by atoms with Crippen LogP contribution >= 0.6 is 15.9 Å². The van der Waals surface area contributed by atoms with Crippen molar-refractivity contribution >= 4 is 39.5 Å². The van der Waals surface area contributed by atoms with Gasteiger partial charge in [-0.2, -0.15) is 5.10 Å². The van der Waals surface area contributed by atoms with Gasteiger partial charge in [-0.05, 0) is 63.1 Å². The Morgan fingerprint density at radius 2 is 2.00 bits per heavy atom. The van der Waals surface area contributed by atoms with Crippen molar-refractivity contribution in [1.29, 1.82) is 0 Å². The Labute approximate surface area is 201 Å². The Bertz CT molecular complexity index is 993. The zero-order chi connectivity index (χ0) is 25.1. The van der Waals surface area contributed by atoms with Crippen LogP contribution in [0.4, 0.5) is 18.0 Å². The molecule has 1 aliphatic heterocycles. The van der Waals surface area contributed by atoms with Crippen molar-refractivity contribution in [3.8, 4) is 5.75 Å². The highest BCUT2D eigenvalue weighted by molar-refractivity contribution is 9.10. The number of alkyl halides is 3. The van der Waals surface area contributed by atoms with E-state index in [-0.39, 0.29) is 12.0 Å². The maximum Gasteiger partial charge on any atom is 0.573 e. The Balaban J connectivity index is 1.75. The summed E-state index contributed by atoms with van der Waals surface area (Å²) >= 11 is 3.34. The summed E-state index contributed by atoms with van der Waals surface area (Å²) in [6.45, 7) is 1.80. The molecule has 1 fully saturated rings. The van der Waals surface area contributed by atoms with E-state index in [4.69, 9.17) is 4.74 Å². The molecule has 1 aromatic rings.